The number of nitrogens with one attached hydrogen (secondary N) is 1. The number of nitrogens with zero attached hydrogens (tertiary/aromatic N) is 5. The van der Waals surface area contributed by atoms with Crippen molar-refractivity contribution < 1.29 is 18.0 Å². The van der Waals surface area contributed by atoms with Crippen molar-refractivity contribution in [3.05, 3.63) is 108 Å². The number of benzene rings is 2. The Morgan fingerprint density at radius 2 is 1.89 bits per heavy atom. The number of alkyl halides is 3. The number of nitrogen functional groups attached to an aromatic ring is 1. The predicted molar refractivity (Wildman–Crippen MR) is 135 cm³/mol. The van der Waals surface area contributed by atoms with Crippen LogP contribution in [0.25, 0.3) is 16.6 Å². The number of rotatable bonds is 6. The largest absolute Gasteiger partial charge is 0.417 e. The van der Waals surface area contributed by atoms with E-state index in [9.17, 15) is 18.0 Å². The highest BCUT2D eigenvalue weighted by Crippen LogP contribution is 2.35. The van der Waals surface area contributed by atoms with E-state index in [1.54, 1.807) is 48.4 Å². The summed E-state index contributed by atoms with van der Waals surface area (Å²) in [6.45, 7) is 1.68. The summed E-state index contributed by atoms with van der Waals surface area (Å²) in [4.78, 5) is 25.8. The Hall–Kier alpha value is -4.80. The van der Waals surface area contributed by atoms with Crippen molar-refractivity contribution in [3.8, 4) is 5.69 Å². The second kappa shape index (κ2) is 9.58. The molecular weight excluding hydrogens is 495 g/mol. The van der Waals surface area contributed by atoms with Gasteiger partial charge in [0.25, 0.3) is 5.91 Å². The van der Waals surface area contributed by atoms with Gasteiger partial charge in [0.05, 0.1) is 33.7 Å². The van der Waals surface area contributed by atoms with Crippen molar-refractivity contribution in [2.75, 3.05) is 5.73 Å². The third-order valence-electron chi connectivity index (χ3n) is 6.17. The van der Waals surface area contributed by atoms with Crippen LogP contribution in [0.15, 0.2) is 85.7 Å². The van der Waals surface area contributed by atoms with Crippen molar-refractivity contribution in [2.24, 2.45) is 0 Å². The van der Waals surface area contributed by atoms with E-state index in [1.165, 1.54) is 6.33 Å². The van der Waals surface area contributed by atoms with Crippen molar-refractivity contribution in [3.63, 3.8) is 0 Å². The highest BCUT2D eigenvalue weighted by atomic mass is 19.4. The molecule has 5 rings (SSSR count). The van der Waals surface area contributed by atoms with Crippen LogP contribution in [-0.4, -0.2) is 30.6 Å². The Morgan fingerprint density at radius 3 is 2.63 bits per heavy atom. The molecule has 192 valence electrons. The van der Waals surface area contributed by atoms with Crippen LogP contribution in [0.4, 0.5) is 18.9 Å². The summed E-state index contributed by atoms with van der Waals surface area (Å²) in [7, 11) is 0. The second-order valence-electron chi connectivity index (χ2n) is 9.04. The highest BCUT2D eigenvalue weighted by molar-refractivity contribution is 5.98. The fraction of sp³-hybridized carbons (Fsp3) is 0.148. The quantitative estimate of drug-likeness (QED) is 0.338. The Labute approximate surface area is 215 Å². The van der Waals surface area contributed by atoms with Crippen LogP contribution in [0.3, 0.4) is 0 Å². The summed E-state index contributed by atoms with van der Waals surface area (Å²) in [5.41, 5.74) is 6.39. The van der Waals surface area contributed by atoms with Gasteiger partial charge in [-0.25, -0.2) is 9.67 Å². The molecule has 8 nitrogen and oxygen atoms in total. The van der Waals surface area contributed by atoms with Gasteiger partial charge < -0.3 is 11.1 Å². The first-order valence-electron chi connectivity index (χ1n) is 11.6. The molecule has 1 amide bonds. The van der Waals surface area contributed by atoms with Gasteiger partial charge in [0.1, 0.15) is 12.7 Å². The molecule has 0 aliphatic carbocycles. The summed E-state index contributed by atoms with van der Waals surface area (Å²) < 4.78 is 41.5. The van der Waals surface area contributed by atoms with Crippen LogP contribution in [0.5, 0.6) is 0 Å². The lowest BCUT2D eigenvalue weighted by molar-refractivity contribution is -0.137. The monoisotopic (exact) mass is 517 g/mol. The average molecular weight is 518 g/mol. The van der Waals surface area contributed by atoms with Gasteiger partial charge in [-0.3, -0.25) is 14.8 Å². The molecule has 1 atom stereocenters. The maximum absolute atomic E-state index is 13.5. The third kappa shape index (κ3) is 5.03. The van der Waals surface area contributed by atoms with Crippen LogP contribution in [-0.2, 0) is 18.1 Å². The van der Waals surface area contributed by atoms with Crippen LogP contribution in [0.2, 0.25) is 0 Å². The third-order valence-corrected chi connectivity index (χ3v) is 6.17. The van der Waals surface area contributed by atoms with E-state index in [-0.39, 0.29) is 17.8 Å². The number of anilines is 1. The number of nitrogens with two attached hydrogens (primary N) is 1. The zero-order valence-corrected chi connectivity index (χ0v) is 20.1. The number of hydrogen-bond donors (Lipinski definition) is 2. The summed E-state index contributed by atoms with van der Waals surface area (Å²) in [6.07, 6.45) is 0.909. The molecule has 0 saturated heterocycles. The Morgan fingerprint density at radius 1 is 1.05 bits per heavy atom. The highest BCUT2D eigenvalue weighted by Gasteiger charge is 2.36. The molecular formula is C27H22F3N7O. The molecule has 0 aliphatic heterocycles. The molecule has 3 aromatic heterocycles. The summed E-state index contributed by atoms with van der Waals surface area (Å²) >= 11 is 0. The van der Waals surface area contributed by atoms with E-state index in [2.05, 4.69) is 25.4 Å². The molecule has 3 heterocycles. The Balaban J connectivity index is 1.54. The normalized spacial score (nSPS) is 13.3. The number of carbonyl (C=O) groups is 1. The minimum absolute atomic E-state index is 0.118. The molecule has 0 saturated carbocycles. The maximum atomic E-state index is 13.5. The van der Waals surface area contributed by atoms with Crippen LogP contribution < -0.4 is 11.1 Å². The first-order chi connectivity index (χ1) is 18.1. The van der Waals surface area contributed by atoms with Crippen molar-refractivity contribution in [1.82, 2.24) is 30.0 Å². The maximum Gasteiger partial charge on any atom is 0.417 e. The van der Waals surface area contributed by atoms with Crippen molar-refractivity contribution >= 4 is 22.5 Å². The fourth-order valence-electron chi connectivity index (χ4n) is 4.38. The minimum atomic E-state index is -4.61. The summed E-state index contributed by atoms with van der Waals surface area (Å²) in [5.74, 6) is -0.438. The second-order valence-corrected chi connectivity index (χ2v) is 9.04. The molecule has 0 spiro atoms. The molecule has 0 radical (unpaired) electrons. The van der Waals surface area contributed by atoms with Gasteiger partial charge in [0.15, 0.2) is 0 Å². The van der Waals surface area contributed by atoms with Crippen LogP contribution >= 0.6 is 0 Å². The van der Waals surface area contributed by atoms with Gasteiger partial charge in [-0.15, -0.1) is 0 Å². The molecule has 0 bridgehead atoms. The number of amides is 1. The van der Waals surface area contributed by atoms with Gasteiger partial charge in [-0.2, -0.15) is 18.3 Å². The van der Waals surface area contributed by atoms with E-state index < -0.39 is 23.2 Å². The van der Waals surface area contributed by atoms with E-state index in [0.29, 0.717) is 5.56 Å². The Kier molecular flexibility index (Phi) is 6.27. The van der Waals surface area contributed by atoms with Gasteiger partial charge in [-0.1, -0.05) is 18.2 Å². The van der Waals surface area contributed by atoms with Crippen LogP contribution in [0.1, 0.15) is 34.1 Å². The molecule has 11 heteroatoms. The van der Waals surface area contributed by atoms with Gasteiger partial charge in [-0.05, 0) is 55.0 Å². The fourth-order valence-corrected chi connectivity index (χ4v) is 4.38. The molecule has 3 N–H and O–H groups in total. The number of hydrogen-bond acceptors (Lipinski definition) is 6. The Bertz CT molecular complexity index is 1620. The topological polar surface area (TPSA) is 112 Å². The molecule has 1 unspecified atom stereocenters. The predicted octanol–water partition coefficient (Wildman–Crippen LogP) is 4.70. The first kappa shape index (κ1) is 24.9. The number of aromatic nitrogens is 5. The SMILES string of the molecule is CC(Cc1cccc(-n2cncn2)c1)(NC(=O)c1ccc2ncccc2c1)c1ncc(C(F)(F)F)cc1N. The molecule has 0 fully saturated rings. The molecule has 38 heavy (non-hydrogen) atoms. The lowest BCUT2D eigenvalue weighted by Crippen LogP contribution is -2.46. The zero-order chi connectivity index (χ0) is 26.9. The number of fused-ring (bicyclic) bond motifs is 1. The average Bonchev–Trinajstić information content (AvgIpc) is 3.43. The van der Waals surface area contributed by atoms with E-state index in [4.69, 9.17) is 5.73 Å². The first-order valence-corrected chi connectivity index (χ1v) is 11.6. The van der Waals surface area contributed by atoms with Crippen molar-refractivity contribution in [1.29, 1.82) is 0 Å². The zero-order valence-electron chi connectivity index (χ0n) is 20.1. The number of halogens is 3. The van der Waals surface area contributed by atoms with E-state index in [1.807, 2.05) is 30.3 Å². The number of pyridine rings is 2. The molecule has 5 aromatic rings. The molecule has 0 aliphatic rings. The van der Waals surface area contributed by atoms with Gasteiger partial charge in [0, 0.05) is 29.8 Å². The summed E-state index contributed by atoms with van der Waals surface area (Å²) in [5, 5.41) is 7.88. The smallest absolute Gasteiger partial charge is 0.397 e. The van der Waals surface area contributed by atoms with Crippen molar-refractivity contribution in [2.45, 2.75) is 25.1 Å². The minimum Gasteiger partial charge on any atom is -0.397 e. The van der Waals surface area contributed by atoms with E-state index in [0.717, 1.165) is 34.4 Å². The van der Waals surface area contributed by atoms with Crippen LogP contribution in [0, 0.1) is 0 Å². The van der Waals surface area contributed by atoms with Gasteiger partial charge in [0.2, 0.25) is 0 Å². The number of carbonyl (C=O) groups excluding carboxylic acids is 1. The van der Waals surface area contributed by atoms with E-state index >= 15 is 0 Å². The van der Waals surface area contributed by atoms with Gasteiger partial charge >= 0.3 is 6.18 Å². The molecule has 2 aromatic carbocycles. The lowest BCUT2D eigenvalue weighted by atomic mass is 9.87. The lowest BCUT2D eigenvalue weighted by Gasteiger charge is -2.32. The standard InChI is InChI=1S/C27H22F3N7O/c1-26(24-22(31)12-20(14-34-24)27(28,29)30,13-17-4-2-6-21(10-17)37-16-32-15-35-37)36-25(38)19-7-8-23-18(11-19)5-3-9-33-23/h2-12,14-16H,13,31H2,1H3,(H,36,38). The summed E-state index contributed by atoms with van der Waals surface area (Å²) in [6, 6.07) is 16.8.